The summed E-state index contributed by atoms with van der Waals surface area (Å²) < 4.78 is 6.30. The molecule has 228 valence electrons. The van der Waals surface area contributed by atoms with E-state index in [1.807, 2.05) is 12.1 Å². The molecule has 0 fully saturated rings. The Morgan fingerprint density at radius 3 is 1.37 bits per heavy atom. The molecule has 0 radical (unpaired) electrons. The molecule has 2 heterocycles. The van der Waals surface area contributed by atoms with Crippen molar-refractivity contribution < 1.29 is 4.42 Å². The van der Waals surface area contributed by atoms with Crippen LogP contribution >= 0.6 is 0 Å². The molecule has 0 amide bonds. The highest BCUT2D eigenvalue weighted by Gasteiger charge is 2.16. The van der Waals surface area contributed by atoms with Crippen molar-refractivity contribution in [3.63, 3.8) is 0 Å². The zero-order valence-electron chi connectivity index (χ0n) is 26.3. The SMILES string of the molecule is c1ccc2cc(-c3ccc(-c4nc(-c5ccc6ccccc6c5)nc(-c5ccc6oc7cc8ccccc8cc7c6c5)n4)cc3)ccc2c1. The van der Waals surface area contributed by atoms with Gasteiger partial charge in [0.1, 0.15) is 11.2 Å². The van der Waals surface area contributed by atoms with Crippen LogP contribution in [-0.4, -0.2) is 15.0 Å². The summed E-state index contributed by atoms with van der Waals surface area (Å²) in [7, 11) is 0. The molecule has 0 atom stereocenters. The Hall–Kier alpha value is -6.65. The van der Waals surface area contributed by atoms with E-state index >= 15 is 0 Å². The molecule has 49 heavy (non-hydrogen) atoms. The fraction of sp³-hybridized carbons (Fsp3) is 0. The molecule has 0 unspecified atom stereocenters. The van der Waals surface area contributed by atoms with Crippen molar-refractivity contribution in [1.82, 2.24) is 15.0 Å². The lowest BCUT2D eigenvalue weighted by Gasteiger charge is -2.10. The molecule has 0 aliphatic carbocycles. The molecular weight excluding hydrogens is 599 g/mol. The third-order valence-electron chi connectivity index (χ3n) is 9.46. The van der Waals surface area contributed by atoms with E-state index in [1.165, 1.54) is 27.1 Å². The standard InChI is InChI=1S/C45H27N3O/c1-3-9-32-23-36(19-15-28(32)7-1)30-13-17-31(18-14-30)43-46-44(37-20-16-29-8-2-4-10-33(29)24-37)48-45(47-43)38-21-22-41-39(26-38)40-25-34-11-5-6-12-35(34)27-42(40)49-41/h1-27H. The molecule has 10 rings (SSSR count). The Balaban J connectivity index is 1.12. The minimum atomic E-state index is 0.615. The Labute approximate surface area is 282 Å². The lowest BCUT2D eigenvalue weighted by atomic mass is 10.00. The van der Waals surface area contributed by atoms with Gasteiger partial charge in [0.15, 0.2) is 17.5 Å². The van der Waals surface area contributed by atoms with Crippen molar-refractivity contribution in [2.45, 2.75) is 0 Å². The zero-order chi connectivity index (χ0) is 32.3. The van der Waals surface area contributed by atoms with Crippen LogP contribution in [0.25, 0.3) is 99.5 Å². The molecule has 4 nitrogen and oxygen atoms in total. The Kier molecular flexibility index (Phi) is 6.15. The lowest BCUT2D eigenvalue weighted by molar-refractivity contribution is 0.669. The number of fused-ring (bicyclic) bond motifs is 6. The van der Waals surface area contributed by atoms with Gasteiger partial charge >= 0.3 is 0 Å². The second kappa shape index (κ2) is 11.0. The van der Waals surface area contributed by atoms with Crippen molar-refractivity contribution in [3.8, 4) is 45.3 Å². The van der Waals surface area contributed by atoms with Gasteiger partial charge in [-0.05, 0) is 85.9 Å². The number of nitrogens with zero attached hydrogens (tertiary/aromatic N) is 3. The smallest absolute Gasteiger partial charge is 0.164 e. The predicted octanol–water partition coefficient (Wildman–Crippen LogP) is 11.9. The van der Waals surface area contributed by atoms with E-state index in [9.17, 15) is 0 Å². The zero-order valence-corrected chi connectivity index (χ0v) is 26.3. The molecule has 0 N–H and O–H groups in total. The lowest BCUT2D eigenvalue weighted by Crippen LogP contribution is -2.00. The van der Waals surface area contributed by atoms with Gasteiger partial charge in [0, 0.05) is 27.5 Å². The van der Waals surface area contributed by atoms with E-state index in [1.54, 1.807) is 0 Å². The number of furan rings is 1. The molecule has 0 spiro atoms. The summed E-state index contributed by atoms with van der Waals surface area (Å²) in [4.78, 5) is 15.2. The maximum Gasteiger partial charge on any atom is 0.164 e. The minimum Gasteiger partial charge on any atom is -0.456 e. The van der Waals surface area contributed by atoms with Gasteiger partial charge in [-0.2, -0.15) is 0 Å². The molecule has 0 aliphatic rings. The summed E-state index contributed by atoms with van der Waals surface area (Å²) in [5.74, 6) is 1.87. The van der Waals surface area contributed by atoms with Crippen molar-refractivity contribution in [3.05, 3.63) is 164 Å². The van der Waals surface area contributed by atoms with Gasteiger partial charge in [-0.25, -0.2) is 15.0 Å². The molecule has 0 bridgehead atoms. The van der Waals surface area contributed by atoms with E-state index < -0.39 is 0 Å². The first-order valence-corrected chi connectivity index (χ1v) is 16.4. The summed E-state index contributed by atoms with van der Waals surface area (Å²) in [5, 5.41) is 9.21. The molecule has 10 aromatic rings. The van der Waals surface area contributed by atoms with Crippen LogP contribution < -0.4 is 0 Å². The fourth-order valence-electron chi connectivity index (χ4n) is 6.87. The highest BCUT2D eigenvalue weighted by Crippen LogP contribution is 2.35. The summed E-state index contributed by atoms with van der Waals surface area (Å²) in [6, 6.07) is 57.1. The van der Waals surface area contributed by atoms with Crippen LogP contribution in [0.5, 0.6) is 0 Å². The first kappa shape index (κ1) is 27.5. The average molecular weight is 626 g/mol. The van der Waals surface area contributed by atoms with Gasteiger partial charge < -0.3 is 4.42 Å². The summed E-state index contributed by atoms with van der Waals surface area (Å²) >= 11 is 0. The number of hydrogen-bond acceptors (Lipinski definition) is 4. The Morgan fingerprint density at radius 1 is 0.286 bits per heavy atom. The summed E-state index contributed by atoms with van der Waals surface area (Å²) in [6.07, 6.45) is 0. The highest BCUT2D eigenvalue weighted by molar-refractivity contribution is 6.11. The van der Waals surface area contributed by atoms with Gasteiger partial charge in [-0.1, -0.05) is 121 Å². The van der Waals surface area contributed by atoms with Gasteiger partial charge in [0.25, 0.3) is 0 Å². The third-order valence-corrected chi connectivity index (χ3v) is 9.46. The summed E-state index contributed by atoms with van der Waals surface area (Å²) in [5.41, 5.74) is 6.79. The van der Waals surface area contributed by atoms with E-state index in [-0.39, 0.29) is 0 Å². The number of rotatable bonds is 4. The normalized spacial score (nSPS) is 11.7. The van der Waals surface area contributed by atoms with Gasteiger partial charge in [-0.15, -0.1) is 0 Å². The molecular formula is C45H27N3O. The van der Waals surface area contributed by atoms with Gasteiger partial charge in [0.2, 0.25) is 0 Å². The average Bonchev–Trinajstić information content (AvgIpc) is 3.53. The van der Waals surface area contributed by atoms with E-state index in [2.05, 4.69) is 152 Å². The largest absolute Gasteiger partial charge is 0.456 e. The minimum absolute atomic E-state index is 0.615. The second-order valence-corrected chi connectivity index (χ2v) is 12.5. The summed E-state index contributed by atoms with van der Waals surface area (Å²) in [6.45, 7) is 0. The fourth-order valence-corrected chi connectivity index (χ4v) is 6.87. The third kappa shape index (κ3) is 4.81. The predicted molar refractivity (Wildman–Crippen MR) is 201 cm³/mol. The van der Waals surface area contributed by atoms with Gasteiger partial charge in [-0.3, -0.25) is 0 Å². The highest BCUT2D eigenvalue weighted by atomic mass is 16.3. The van der Waals surface area contributed by atoms with Crippen molar-refractivity contribution in [2.75, 3.05) is 0 Å². The van der Waals surface area contributed by atoms with Crippen LogP contribution in [0.4, 0.5) is 0 Å². The van der Waals surface area contributed by atoms with Crippen LogP contribution in [0, 0.1) is 0 Å². The number of benzene rings is 8. The van der Waals surface area contributed by atoms with E-state index in [4.69, 9.17) is 19.4 Å². The maximum absolute atomic E-state index is 6.30. The van der Waals surface area contributed by atoms with Gasteiger partial charge in [0.05, 0.1) is 0 Å². The Bertz CT molecular complexity index is 2890. The number of aromatic nitrogens is 3. The number of hydrogen-bond donors (Lipinski definition) is 0. The van der Waals surface area contributed by atoms with E-state index in [0.29, 0.717) is 17.5 Å². The van der Waals surface area contributed by atoms with Crippen LogP contribution in [-0.2, 0) is 0 Å². The van der Waals surface area contributed by atoms with Crippen LogP contribution in [0.1, 0.15) is 0 Å². The van der Waals surface area contributed by atoms with Crippen molar-refractivity contribution in [1.29, 1.82) is 0 Å². The first-order valence-electron chi connectivity index (χ1n) is 16.4. The maximum atomic E-state index is 6.30. The van der Waals surface area contributed by atoms with Crippen LogP contribution in [0.2, 0.25) is 0 Å². The van der Waals surface area contributed by atoms with Crippen molar-refractivity contribution in [2.24, 2.45) is 0 Å². The van der Waals surface area contributed by atoms with Crippen LogP contribution in [0.15, 0.2) is 168 Å². The Morgan fingerprint density at radius 2 is 0.714 bits per heavy atom. The molecule has 0 saturated carbocycles. The second-order valence-electron chi connectivity index (χ2n) is 12.5. The molecule has 0 aliphatic heterocycles. The quantitative estimate of drug-likeness (QED) is 0.195. The molecule has 4 heteroatoms. The topological polar surface area (TPSA) is 51.8 Å². The monoisotopic (exact) mass is 625 g/mol. The van der Waals surface area contributed by atoms with E-state index in [0.717, 1.165) is 55.0 Å². The molecule has 8 aromatic carbocycles. The molecule has 2 aromatic heterocycles. The molecule has 0 saturated heterocycles. The van der Waals surface area contributed by atoms with Crippen molar-refractivity contribution >= 4 is 54.3 Å². The first-order chi connectivity index (χ1) is 24.2. The van der Waals surface area contributed by atoms with Crippen LogP contribution in [0.3, 0.4) is 0 Å².